The van der Waals surface area contributed by atoms with E-state index in [-0.39, 0.29) is 5.91 Å². The zero-order chi connectivity index (χ0) is 15.2. The number of rotatable bonds is 5. The van der Waals surface area contributed by atoms with Crippen LogP contribution in [-0.4, -0.2) is 13.0 Å². The predicted octanol–water partition coefficient (Wildman–Crippen LogP) is 3.83. The zero-order valence-electron chi connectivity index (χ0n) is 12.2. The first-order chi connectivity index (χ1) is 10.1. The van der Waals surface area contributed by atoms with Crippen molar-refractivity contribution in [2.24, 2.45) is 0 Å². The average Bonchev–Trinajstić information content (AvgIpc) is 2.49. The second-order valence-electron chi connectivity index (χ2n) is 4.85. The lowest BCUT2D eigenvalue weighted by molar-refractivity contribution is 0.0950. The Hall–Kier alpha value is -1.65. The number of amides is 1. The van der Waals surface area contributed by atoms with Crippen LogP contribution in [0.5, 0.6) is 0 Å². The molecule has 1 N–H and O–H groups in total. The smallest absolute Gasteiger partial charge is 0.251 e. The molecule has 0 heterocycles. The quantitative estimate of drug-likeness (QED) is 0.892. The highest BCUT2D eigenvalue weighted by molar-refractivity contribution is 9.10. The molecule has 0 saturated carbocycles. The van der Waals surface area contributed by atoms with Crippen LogP contribution in [0.1, 0.15) is 27.0 Å². The number of carbonyl (C=O) groups is 1. The van der Waals surface area contributed by atoms with Gasteiger partial charge in [-0.15, -0.1) is 0 Å². The van der Waals surface area contributed by atoms with E-state index < -0.39 is 0 Å². The normalized spacial score (nSPS) is 10.4. The minimum Gasteiger partial charge on any atom is -0.380 e. The van der Waals surface area contributed by atoms with Crippen LogP contribution in [0, 0.1) is 6.92 Å². The van der Waals surface area contributed by atoms with E-state index in [1.54, 1.807) is 7.11 Å². The fourth-order valence-electron chi connectivity index (χ4n) is 2.04. The molecule has 2 aromatic carbocycles. The molecule has 0 saturated heterocycles. The molecule has 4 heteroatoms. The van der Waals surface area contributed by atoms with Gasteiger partial charge in [-0.05, 0) is 35.7 Å². The third-order valence-corrected chi connectivity index (χ3v) is 4.15. The van der Waals surface area contributed by atoms with Gasteiger partial charge in [-0.2, -0.15) is 0 Å². The van der Waals surface area contributed by atoms with Gasteiger partial charge in [0.1, 0.15) is 0 Å². The van der Waals surface area contributed by atoms with Crippen molar-refractivity contribution >= 4 is 21.8 Å². The lowest BCUT2D eigenvalue weighted by Gasteiger charge is -2.10. The van der Waals surface area contributed by atoms with Crippen LogP contribution >= 0.6 is 15.9 Å². The molecule has 0 fully saturated rings. The van der Waals surface area contributed by atoms with Gasteiger partial charge in [0.05, 0.1) is 6.61 Å². The van der Waals surface area contributed by atoms with Gasteiger partial charge in [0, 0.05) is 23.7 Å². The fraction of sp³-hybridized carbons (Fsp3) is 0.235. The summed E-state index contributed by atoms with van der Waals surface area (Å²) >= 11 is 3.45. The number of aryl methyl sites for hydroxylation is 1. The summed E-state index contributed by atoms with van der Waals surface area (Å²) in [5.74, 6) is -0.0806. The topological polar surface area (TPSA) is 38.3 Å². The van der Waals surface area contributed by atoms with Gasteiger partial charge in [-0.1, -0.05) is 46.3 Å². The van der Waals surface area contributed by atoms with Gasteiger partial charge < -0.3 is 10.1 Å². The van der Waals surface area contributed by atoms with Crippen LogP contribution < -0.4 is 5.32 Å². The number of hydrogen-bond donors (Lipinski definition) is 1. The first-order valence-electron chi connectivity index (χ1n) is 6.72. The van der Waals surface area contributed by atoms with Crippen molar-refractivity contribution in [3.8, 4) is 0 Å². The molecule has 0 aliphatic heterocycles. The Labute approximate surface area is 133 Å². The third kappa shape index (κ3) is 4.16. The highest BCUT2D eigenvalue weighted by atomic mass is 79.9. The standard InChI is InChI=1S/C17H18BrNO2/c1-12-7-8-13(9-16(12)18)17(20)19-10-14-5-3-4-6-15(14)11-21-2/h3-9H,10-11H2,1-2H3,(H,19,20). The number of nitrogens with one attached hydrogen (secondary N) is 1. The Morgan fingerprint density at radius 3 is 2.57 bits per heavy atom. The summed E-state index contributed by atoms with van der Waals surface area (Å²) in [6, 6.07) is 13.5. The molecule has 3 nitrogen and oxygen atoms in total. The van der Waals surface area contributed by atoms with Crippen LogP contribution in [0.25, 0.3) is 0 Å². The SMILES string of the molecule is COCc1ccccc1CNC(=O)c1ccc(C)c(Br)c1. The molecule has 0 aliphatic rings. The van der Waals surface area contributed by atoms with Gasteiger partial charge >= 0.3 is 0 Å². The number of benzene rings is 2. The van der Waals surface area contributed by atoms with Crippen LogP contribution in [-0.2, 0) is 17.9 Å². The van der Waals surface area contributed by atoms with E-state index in [0.717, 1.165) is 21.2 Å². The van der Waals surface area contributed by atoms with Gasteiger partial charge in [-0.3, -0.25) is 4.79 Å². The average molecular weight is 348 g/mol. The summed E-state index contributed by atoms with van der Waals surface area (Å²) in [4.78, 5) is 12.2. The summed E-state index contributed by atoms with van der Waals surface area (Å²) in [6.45, 7) is 3.03. The zero-order valence-corrected chi connectivity index (χ0v) is 13.7. The second kappa shape index (κ2) is 7.38. The molecule has 110 valence electrons. The summed E-state index contributed by atoms with van der Waals surface area (Å²) in [5, 5.41) is 2.95. The monoisotopic (exact) mass is 347 g/mol. The molecule has 0 atom stereocenters. The lowest BCUT2D eigenvalue weighted by Crippen LogP contribution is -2.23. The minimum atomic E-state index is -0.0806. The first kappa shape index (κ1) is 15.7. The van der Waals surface area contributed by atoms with Crippen molar-refractivity contribution in [1.29, 1.82) is 0 Å². The minimum absolute atomic E-state index is 0.0806. The molecule has 21 heavy (non-hydrogen) atoms. The molecule has 1 amide bonds. The van der Waals surface area contributed by atoms with Crippen molar-refractivity contribution in [3.63, 3.8) is 0 Å². The van der Waals surface area contributed by atoms with Crippen LogP contribution in [0.15, 0.2) is 46.9 Å². The summed E-state index contributed by atoms with van der Waals surface area (Å²) in [6.07, 6.45) is 0. The van der Waals surface area contributed by atoms with E-state index in [0.29, 0.717) is 18.7 Å². The predicted molar refractivity (Wildman–Crippen MR) is 87.2 cm³/mol. The number of hydrogen-bond acceptors (Lipinski definition) is 2. The molecule has 2 rings (SSSR count). The number of methoxy groups -OCH3 is 1. The van der Waals surface area contributed by atoms with E-state index in [9.17, 15) is 4.79 Å². The Balaban J connectivity index is 2.05. The van der Waals surface area contributed by atoms with E-state index >= 15 is 0 Å². The van der Waals surface area contributed by atoms with Crippen molar-refractivity contribution < 1.29 is 9.53 Å². The van der Waals surface area contributed by atoms with Crippen molar-refractivity contribution in [2.45, 2.75) is 20.1 Å². The third-order valence-electron chi connectivity index (χ3n) is 3.29. The van der Waals surface area contributed by atoms with Gasteiger partial charge in [0.2, 0.25) is 0 Å². The Kier molecular flexibility index (Phi) is 5.53. The maximum Gasteiger partial charge on any atom is 0.251 e. The summed E-state index contributed by atoms with van der Waals surface area (Å²) in [7, 11) is 1.67. The molecule has 2 aromatic rings. The lowest BCUT2D eigenvalue weighted by atomic mass is 10.1. The molecule has 0 aliphatic carbocycles. The van der Waals surface area contributed by atoms with Crippen molar-refractivity contribution in [3.05, 3.63) is 69.2 Å². The molecular formula is C17H18BrNO2. The first-order valence-corrected chi connectivity index (χ1v) is 7.51. The number of halogens is 1. The van der Waals surface area contributed by atoms with E-state index in [1.165, 1.54) is 0 Å². The van der Waals surface area contributed by atoms with E-state index in [1.807, 2.05) is 49.4 Å². The second-order valence-corrected chi connectivity index (χ2v) is 5.70. The highest BCUT2D eigenvalue weighted by Crippen LogP contribution is 2.17. The van der Waals surface area contributed by atoms with Gasteiger partial charge in [-0.25, -0.2) is 0 Å². The van der Waals surface area contributed by atoms with Crippen LogP contribution in [0.4, 0.5) is 0 Å². The molecular weight excluding hydrogens is 330 g/mol. The number of ether oxygens (including phenoxy) is 1. The summed E-state index contributed by atoms with van der Waals surface area (Å²) < 4.78 is 6.11. The molecule has 0 bridgehead atoms. The summed E-state index contributed by atoms with van der Waals surface area (Å²) in [5.41, 5.74) is 3.91. The van der Waals surface area contributed by atoms with Crippen LogP contribution in [0.3, 0.4) is 0 Å². The largest absolute Gasteiger partial charge is 0.380 e. The Morgan fingerprint density at radius 2 is 1.90 bits per heavy atom. The number of carbonyl (C=O) groups excluding carboxylic acids is 1. The van der Waals surface area contributed by atoms with Gasteiger partial charge in [0.25, 0.3) is 5.91 Å². The van der Waals surface area contributed by atoms with Crippen LogP contribution in [0.2, 0.25) is 0 Å². The van der Waals surface area contributed by atoms with Crippen molar-refractivity contribution in [2.75, 3.05) is 7.11 Å². The maximum absolute atomic E-state index is 12.2. The molecule has 0 aromatic heterocycles. The molecule has 0 spiro atoms. The highest BCUT2D eigenvalue weighted by Gasteiger charge is 2.08. The Morgan fingerprint density at radius 1 is 1.19 bits per heavy atom. The Bertz CT molecular complexity index is 640. The fourth-order valence-corrected chi connectivity index (χ4v) is 2.42. The van der Waals surface area contributed by atoms with E-state index in [2.05, 4.69) is 21.2 Å². The molecule has 0 unspecified atom stereocenters. The maximum atomic E-state index is 12.2. The van der Waals surface area contributed by atoms with Crippen molar-refractivity contribution in [1.82, 2.24) is 5.32 Å². The van der Waals surface area contributed by atoms with Gasteiger partial charge in [0.15, 0.2) is 0 Å². The molecule has 0 radical (unpaired) electrons. The van der Waals surface area contributed by atoms with E-state index in [4.69, 9.17) is 4.74 Å².